The molecule has 0 aliphatic rings. The van der Waals surface area contributed by atoms with E-state index in [1.165, 1.54) is 0 Å². The molecule has 0 radical (unpaired) electrons. The van der Waals surface area contributed by atoms with Crippen molar-refractivity contribution in [1.82, 2.24) is 19.7 Å². The fourth-order valence-corrected chi connectivity index (χ4v) is 1.90. The number of nitrogens with zero attached hydrogens (tertiary/aromatic N) is 4. The van der Waals surface area contributed by atoms with Gasteiger partial charge >= 0.3 is 5.97 Å². The van der Waals surface area contributed by atoms with Crippen molar-refractivity contribution in [2.24, 2.45) is 0 Å². The molecule has 0 fully saturated rings. The lowest BCUT2D eigenvalue weighted by Gasteiger charge is -2.06. The number of carbonyl (C=O) groups is 1. The second kappa shape index (κ2) is 6.69. The van der Waals surface area contributed by atoms with Gasteiger partial charge in [0.25, 0.3) is 0 Å². The first-order valence-corrected chi connectivity index (χ1v) is 7.03. The van der Waals surface area contributed by atoms with E-state index in [-0.39, 0.29) is 5.69 Å². The molecule has 0 aliphatic heterocycles. The van der Waals surface area contributed by atoms with E-state index >= 15 is 0 Å². The van der Waals surface area contributed by atoms with Gasteiger partial charge < -0.3 is 9.47 Å². The summed E-state index contributed by atoms with van der Waals surface area (Å²) in [4.78, 5) is 16.0. The third-order valence-electron chi connectivity index (χ3n) is 2.97. The van der Waals surface area contributed by atoms with Gasteiger partial charge in [-0.2, -0.15) is 0 Å². The van der Waals surface area contributed by atoms with Crippen LogP contribution >= 0.6 is 0 Å². The normalized spacial score (nSPS) is 10.3. The SMILES string of the molecule is CCOc1ccc(OC(=O)c2ccc(-n3ccnc3)nn2)cc1. The Labute approximate surface area is 132 Å². The van der Waals surface area contributed by atoms with Gasteiger partial charge in [-0.3, -0.25) is 4.57 Å². The van der Waals surface area contributed by atoms with E-state index in [2.05, 4.69) is 15.2 Å². The molecule has 0 unspecified atom stereocenters. The lowest BCUT2D eigenvalue weighted by atomic mass is 10.3. The van der Waals surface area contributed by atoms with E-state index in [9.17, 15) is 4.79 Å². The first-order valence-electron chi connectivity index (χ1n) is 7.03. The molecule has 0 spiro atoms. The Bertz CT molecular complexity index is 768. The Kier molecular flexibility index (Phi) is 4.28. The van der Waals surface area contributed by atoms with Crippen LogP contribution in [0.4, 0.5) is 0 Å². The van der Waals surface area contributed by atoms with Crippen molar-refractivity contribution in [2.45, 2.75) is 6.92 Å². The molecule has 23 heavy (non-hydrogen) atoms. The number of ether oxygens (including phenoxy) is 2. The van der Waals surface area contributed by atoms with Gasteiger partial charge in [0.15, 0.2) is 11.5 Å². The Morgan fingerprint density at radius 2 is 1.87 bits per heavy atom. The summed E-state index contributed by atoms with van der Waals surface area (Å²) in [6.07, 6.45) is 4.97. The number of imidazole rings is 1. The summed E-state index contributed by atoms with van der Waals surface area (Å²) in [7, 11) is 0. The molecule has 0 atom stereocenters. The molecule has 0 aliphatic carbocycles. The van der Waals surface area contributed by atoms with Gasteiger partial charge in [-0.05, 0) is 43.3 Å². The summed E-state index contributed by atoms with van der Waals surface area (Å²) in [5.41, 5.74) is 0.128. The number of benzene rings is 1. The Morgan fingerprint density at radius 3 is 2.48 bits per heavy atom. The van der Waals surface area contributed by atoms with Crippen LogP contribution in [0.1, 0.15) is 17.4 Å². The number of hydrogen-bond donors (Lipinski definition) is 0. The van der Waals surface area contributed by atoms with Crippen LogP contribution in [0.15, 0.2) is 55.1 Å². The van der Waals surface area contributed by atoms with Crippen molar-refractivity contribution in [3.05, 3.63) is 60.8 Å². The van der Waals surface area contributed by atoms with Gasteiger partial charge in [0, 0.05) is 12.4 Å². The van der Waals surface area contributed by atoms with Gasteiger partial charge in [-0.15, -0.1) is 10.2 Å². The molecule has 0 N–H and O–H groups in total. The van der Waals surface area contributed by atoms with Gasteiger partial charge in [0.05, 0.1) is 6.61 Å². The predicted molar refractivity (Wildman–Crippen MR) is 81.7 cm³/mol. The van der Waals surface area contributed by atoms with Crippen molar-refractivity contribution in [3.63, 3.8) is 0 Å². The van der Waals surface area contributed by atoms with Crippen molar-refractivity contribution in [2.75, 3.05) is 6.61 Å². The van der Waals surface area contributed by atoms with Crippen LogP contribution in [0.2, 0.25) is 0 Å². The lowest BCUT2D eigenvalue weighted by Crippen LogP contribution is -2.12. The molecular weight excluding hydrogens is 296 g/mol. The zero-order valence-corrected chi connectivity index (χ0v) is 12.4. The number of rotatable bonds is 5. The van der Waals surface area contributed by atoms with Crippen LogP contribution in [-0.2, 0) is 0 Å². The highest BCUT2D eigenvalue weighted by molar-refractivity contribution is 5.88. The fourth-order valence-electron chi connectivity index (χ4n) is 1.90. The van der Waals surface area contributed by atoms with Crippen LogP contribution in [0.5, 0.6) is 11.5 Å². The monoisotopic (exact) mass is 310 g/mol. The van der Waals surface area contributed by atoms with E-state index in [4.69, 9.17) is 9.47 Å². The highest BCUT2D eigenvalue weighted by atomic mass is 16.5. The number of carbonyl (C=O) groups excluding carboxylic acids is 1. The number of hydrogen-bond acceptors (Lipinski definition) is 6. The van der Waals surface area contributed by atoms with Gasteiger partial charge in [-0.1, -0.05) is 0 Å². The highest BCUT2D eigenvalue weighted by Gasteiger charge is 2.11. The first-order chi connectivity index (χ1) is 11.3. The van der Waals surface area contributed by atoms with Crippen LogP contribution < -0.4 is 9.47 Å². The Hall–Kier alpha value is -3.22. The first kappa shape index (κ1) is 14.7. The van der Waals surface area contributed by atoms with Crippen LogP contribution in [0.3, 0.4) is 0 Å². The van der Waals surface area contributed by atoms with Gasteiger partial charge in [0.2, 0.25) is 0 Å². The van der Waals surface area contributed by atoms with Crippen LogP contribution in [-0.4, -0.2) is 32.3 Å². The molecule has 2 aromatic heterocycles. The molecule has 3 aromatic rings. The molecule has 0 bridgehead atoms. The van der Waals surface area contributed by atoms with Gasteiger partial charge in [0.1, 0.15) is 17.8 Å². The lowest BCUT2D eigenvalue weighted by molar-refractivity contribution is 0.0727. The smallest absolute Gasteiger partial charge is 0.364 e. The molecule has 3 rings (SSSR count). The maximum atomic E-state index is 12.0. The fraction of sp³-hybridized carbons (Fsp3) is 0.125. The molecule has 116 valence electrons. The molecular formula is C16H14N4O3. The topological polar surface area (TPSA) is 79.1 Å². The third kappa shape index (κ3) is 3.52. The maximum Gasteiger partial charge on any atom is 0.364 e. The molecule has 0 saturated carbocycles. The van der Waals surface area contributed by atoms with Crippen molar-refractivity contribution in [3.8, 4) is 17.3 Å². The molecule has 0 saturated heterocycles. The second-order valence-corrected chi connectivity index (χ2v) is 4.54. The maximum absolute atomic E-state index is 12.0. The second-order valence-electron chi connectivity index (χ2n) is 4.54. The summed E-state index contributed by atoms with van der Waals surface area (Å²) in [6.45, 7) is 2.48. The van der Waals surface area contributed by atoms with Crippen LogP contribution in [0, 0.1) is 0 Å². The van der Waals surface area contributed by atoms with Crippen molar-refractivity contribution >= 4 is 5.97 Å². The highest BCUT2D eigenvalue weighted by Crippen LogP contribution is 2.18. The molecule has 7 nitrogen and oxygen atoms in total. The summed E-state index contributed by atoms with van der Waals surface area (Å²) in [5.74, 6) is 1.13. The Morgan fingerprint density at radius 1 is 1.09 bits per heavy atom. The average Bonchev–Trinajstić information content (AvgIpc) is 3.11. The summed E-state index contributed by atoms with van der Waals surface area (Å²) < 4.78 is 12.3. The molecule has 1 aromatic carbocycles. The zero-order chi connectivity index (χ0) is 16.1. The third-order valence-corrected chi connectivity index (χ3v) is 2.97. The zero-order valence-electron chi connectivity index (χ0n) is 12.4. The van der Waals surface area contributed by atoms with E-state index in [1.807, 2.05) is 6.92 Å². The summed E-state index contributed by atoms with van der Waals surface area (Å²) in [6, 6.07) is 10.0. The van der Waals surface area contributed by atoms with Crippen LogP contribution in [0.25, 0.3) is 5.82 Å². The van der Waals surface area contributed by atoms with E-state index in [0.29, 0.717) is 18.2 Å². The minimum absolute atomic E-state index is 0.128. The molecule has 2 heterocycles. The largest absolute Gasteiger partial charge is 0.494 e. The summed E-state index contributed by atoms with van der Waals surface area (Å²) in [5, 5.41) is 7.85. The standard InChI is InChI=1S/C16H14N4O3/c1-2-22-12-3-5-13(6-4-12)23-16(21)14-7-8-15(19-18-14)20-10-9-17-11-20/h3-11H,2H2,1H3. The molecule has 0 amide bonds. The van der Waals surface area contributed by atoms with E-state index < -0.39 is 5.97 Å². The summed E-state index contributed by atoms with van der Waals surface area (Å²) >= 11 is 0. The molecule has 7 heteroatoms. The average molecular weight is 310 g/mol. The van der Waals surface area contributed by atoms with E-state index in [0.717, 1.165) is 5.75 Å². The van der Waals surface area contributed by atoms with E-state index in [1.54, 1.807) is 59.7 Å². The minimum atomic E-state index is -0.571. The Balaban J connectivity index is 1.68. The van der Waals surface area contributed by atoms with Gasteiger partial charge in [-0.25, -0.2) is 9.78 Å². The van der Waals surface area contributed by atoms with Crippen molar-refractivity contribution in [1.29, 1.82) is 0 Å². The number of esters is 1. The number of aromatic nitrogens is 4. The van der Waals surface area contributed by atoms with Crippen molar-refractivity contribution < 1.29 is 14.3 Å². The minimum Gasteiger partial charge on any atom is -0.494 e. The quantitative estimate of drug-likeness (QED) is 0.531. The predicted octanol–water partition coefficient (Wildman–Crippen LogP) is 2.28.